The number of hydrogen-bond acceptors (Lipinski definition) is 4. The lowest BCUT2D eigenvalue weighted by molar-refractivity contribution is -0.190. The van der Waals surface area contributed by atoms with E-state index in [9.17, 15) is 24.9 Å². The Morgan fingerprint density at radius 2 is 1.63 bits per heavy atom. The number of aliphatic carboxylic acids is 1. The standard InChI is InChI=1S/C30H48O5/c1-18(7-10-23(32)26(4,5)35)19-11-14-30(24(33)34)21-9-8-20-25(2,3)22(31)12-13-28(20)17-29(21,28)16-15-27(19,30)6/h18-21,23,32,35H,7-17H2,1-6H3,(H,33,34)/t18-,19+,20+,21-,23-,27-,28-,29+,30+/m1/s1. The van der Waals surface area contributed by atoms with Gasteiger partial charge in [-0.05, 0) is 118 Å². The van der Waals surface area contributed by atoms with Crippen LogP contribution in [-0.4, -0.2) is 38.8 Å². The first-order valence-electron chi connectivity index (χ1n) is 14.3. The highest BCUT2D eigenvalue weighted by atomic mass is 16.4. The molecule has 0 saturated heterocycles. The number of carbonyl (C=O) groups excluding carboxylic acids is 1. The van der Waals surface area contributed by atoms with Crippen molar-refractivity contribution in [2.45, 2.75) is 124 Å². The molecule has 0 amide bonds. The first-order chi connectivity index (χ1) is 16.1. The van der Waals surface area contributed by atoms with Gasteiger partial charge in [-0.2, -0.15) is 0 Å². The minimum Gasteiger partial charge on any atom is -0.481 e. The van der Waals surface area contributed by atoms with Gasteiger partial charge in [0, 0.05) is 11.8 Å². The van der Waals surface area contributed by atoms with Gasteiger partial charge in [0.05, 0.1) is 17.1 Å². The van der Waals surface area contributed by atoms with E-state index in [1.807, 2.05) is 0 Å². The number of carboxylic acids is 1. The molecule has 5 fully saturated rings. The molecule has 2 spiro atoms. The summed E-state index contributed by atoms with van der Waals surface area (Å²) in [6.07, 6.45) is 9.06. The lowest BCUT2D eigenvalue weighted by Gasteiger charge is -2.61. The summed E-state index contributed by atoms with van der Waals surface area (Å²) in [4.78, 5) is 26.2. The second-order valence-electron chi connectivity index (χ2n) is 14.9. The molecule has 5 rings (SSSR count). The van der Waals surface area contributed by atoms with E-state index < -0.39 is 23.1 Å². The van der Waals surface area contributed by atoms with Crippen LogP contribution in [0.4, 0.5) is 0 Å². The molecule has 0 aliphatic heterocycles. The molecule has 0 heterocycles. The minimum absolute atomic E-state index is 0.112. The van der Waals surface area contributed by atoms with Crippen LogP contribution in [0.15, 0.2) is 0 Å². The average Bonchev–Trinajstić information content (AvgIpc) is 3.32. The quantitative estimate of drug-likeness (QED) is 0.452. The summed E-state index contributed by atoms with van der Waals surface area (Å²) in [5.74, 6) is 1.07. The summed E-state index contributed by atoms with van der Waals surface area (Å²) in [6, 6.07) is 0. The summed E-state index contributed by atoms with van der Waals surface area (Å²) in [6.45, 7) is 12.1. The van der Waals surface area contributed by atoms with Crippen molar-refractivity contribution in [2.24, 2.45) is 50.7 Å². The molecule has 9 atom stereocenters. The van der Waals surface area contributed by atoms with Gasteiger partial charge in [-0.25, -0.2) is 0 Å². The van der Waals surface area contributed by atoms with Crippen LogP contribution in [0, 0.1) is 50.7 Å². The van der Waals surface area contributed by atoms with E-state index in [-0.39, 0.29) is 27.6 Å². The van der Waals surface area contributed by atoms with Crippen molar-refractivity contribution in [1.82, 2.24) is 0 Å². The Hall–Kier alpha value is -0.940. The Bertz CT molecular complexity index is 918. The summed E-state index contributed by atoms with van der Waals surface area (Å²) in [5.41, 5.74) is -2.03. The Morgan fingerprint density at radius 3 is 2.26 bits per heavy atom. The monoisotopic (exact) mass is 488 g/mol. The van der Waals surface area contributed by atoms with E-state index in [0.717, 1.165) is 57.8 Å². The van der Waals surface area contributed by atoms with Crippen LogP contribution >= 0.6 is 0 Å². The molecular weight excluding hydrogens is 440 g/mol. The summed E-state index contributed by atoms with van der Waals surface area (Å²) in [7, 11) is 0. The normalized spacial score (nSPS) is 47.7. The lowest BCUT2D eigenvalue weighted by atomic mass is 9.41. The summed E-state index contributed by atoms with van der Waals surface area (Å²) in [5, 5.41) is 31.6. The van der Waals surface area contributed by atoms with Gasteiger partial charge < -0.3 is 15.3 Å². The average molecular weight is 489 g/mol. The molecule has 35 heavy (non-hydrogen) atoms. The Morgan fingerprint density at radius 1 is 1.00 bits per heavy atom. The minimum atomic E-state index is -1.12. The van der Waals surface area contributed by atoms with E-state index in [2.05, 4.69) is 27.7 Å². The molecular formula is C30H48O5. The Balaban J connectivity index is 1.44. The summed E-state index contributed by atoms with van der Waals surface area (Å²) >= 11 is 0. The fourth-order valence-electron chi connectivity index (χ4n) is 11.2. The van der Waals surface area contributed by atoms with Crippen LogP contribution in [0.25, 0.3) is 0 Å². The number of ketones is 1. The van der Waals surface area contributed by atoms with Crippen LogP contribution in [0.5, 0.6) is 0 Å². The second-order valence-corrected chi connectivity index (χ2v) is 14.9. The van der Waals surface area contributed by atoms with Gasteiger partial charge in [0.25, 0.3) is 0 Å². The highest BCUT2D eigenvalue weighted by molar-refractivity contribution is 5.86. The molecule has 0 bridgehead atoms. The molecule has 5 aliphatic rings. The fourth-order valence-corrected chi connectivity index (χ4v) is 11.2. The molecule has 5 nitrogen and oxygen atoms in total. The Kier molecular flexibility index (Phi) is 5.55. The molecule has 5 aliphatic carbocycles. The number of aliphatic hydroxyl groups excluding tert-OH is 1. The largest absolute Gasteiger partial charge is 0.481 e. The number of fused-ring (bicyclic) bond motifs is 2. The van der Waals surface area contributed by atoms with Gasteiger partial charge in [-0.1, -0.05) is 27.7 Å². The highest BCUT2D eigenvalue weighted by Gasteiger charge is 2.84. The third-order valence-corrected chi connectivity index (χ3v) is 13.1. The molecule has 5 heteroatoms. The number of rotatable bonds is 6. The number of carboxylic acid groups (broad SMARTS) is 1. The first kappa shape index (κ1) is 25.7. The SMILES string of the molecule is C[C@H](CC[C@@H](O)C(C)(C)O)[C@@H]1CC[C@@]2(C(=O)O)[C@@H]3CC[C@H]4C(C)(C)C(=O)CC[C@@]45C[C@@]35CC[C@]12C. The van der Waals surface area contributed by atoms with Crippen molar-refractivity contribution in [3.63, 3.8) is 0 Å². The second kappa shape index (κ2) is 7.56. The van der Waals surface area contributed by atoms with E-state index in [1.165, 1.54) is 0 Å². The lowest BCUT2D eigenvalue weighted by Crippen LogP contribution is -2.60. The van der Waals surface area contributed by atoms with Gasteiger partial charge in [0.2, 0.25) is 0 Å². The maximum Gasteiger partial charge on any atom is 0.310 e. The van der Waals surface area contributed by atoms with Gasteiger partial charge >= 0.3 is 5.97 Å². The van der Waals surface area contributed by atoms with Crippen LogP contribution in [0.3, 0.4) is 0 Å². The van der Waals surface area contributed by atoms with Crippen LogP contribution in [-0.2, 0) is 9.59 Å². The Labute approximate surface area is 211 Å². The van der Waals surface area contributed by atoms with Crippen LogP contribution in [0.1, 0.15) is 112 Å². The van der Waals surface area contributed by atoms with Gasteiger partial charge in [0.1, 0.15) is 5.78 Å². The number of carbonyl (C=O) groups is 2. The van der Waals surface area contributed by atoms with Gasteiger partial charge in [-0.15, -0.1) is 0 Å². The molecule has 198 valence electrons. The zero-order valence-electron chi connectivity index (χ0n) is 22.8. The van der Waals surface area contributed by atoms with Crippen molar-refractivity contribution in [3.05, 3.63) is 0 Å². The number of Topliss-reactive ketones (excluding diaryl/α,β-unsaturated/α-hetero) is 1. The molecule has 0 aromatic carbocycles. The van der Waals surface area contributed by atoms with Crippen LogP contribution < -0.4 is 0 Å². The van der Waals surface area contributed by atoms with Crippen molar-refractivity contribution in [2.75, 3.05) is 0 Å². The van der Waals surface area contributed by atoms with E-state index >= 15 is 0 Å². The van der Waals surface area contributed by atoms with Crippen LogP contribution in [0.2, 0.25) is 0 Å². The maximum atomic E-state index is 13.4. The van der Waals surface area contributed by atoms with E-state index in [4.69, 9.17) is 0 Å². The number of aliphatic hydroxyl groups is 2. The van der Waals surface area contributed by atoms with Crippen molar-refractivity contribution < 1.29 is 24.9 Å². The zero-order valence-corrected chi connectivity index (χ0v) is 22.8. The van der Waals surface area contributed by atoms with Crippen molar-refractivity contribution in [3.8, 4) is 0 Å². The smallest absolute Gasteiger partial charge is 0.310 e. The zero-order chi connectivity index (χ0) is 25.8. The maximum absolute atomic E-state index is 13.4. The molecule has 0 aromatic rings. The third kappa shape index (κ3) is 3.06. The van der Waals surface area contributed by atoms with Crippen molar-refractivity contribution in [1.29, 1.82) is 0 Å². The number of hydrogen-bond donors (Lipinski definition) is 3. The topological polar surface area (TPSA) is 94.8 Å². The third-order valence-electron chi connectivity index (χ3n) is 13.1. The van der Waals surface area contributed by atoms with Gasteiger partial charge in [0.15, 0.2) is 0 Å². The molecule has 0 radical (unpaired) electrons. The predicted molar refractivity (Wildman–Crippen MR) is 135 cm³/mol. The van der Waals surface area contributed by atoms with E-state index in [1.54, 1.807) is 13.8 Å². The van der Waals surface area contributed by atoms with E-state index in [0.29, 0.717) is 36.4 Å². The molecule has 0 aromatic heterocycles. The van der Waals surface area contributed by atoms with Gasteiger partial charge in [-0.3, -0.25) is 9.59 Å². The highest BCUT2D eigenvalue weighted by Crippen LogP contribution is 2.88. The van der Waals surface area contributed by atoms with Crippen molar-refractivity contribution >= 4 is 11.8 Å². The summed E-state index contributed by atoms with van der Waals surface area (Å²) < 4.78 is 0. The molecule has 0 unspecified atom stereocenters. The first-order valence-corrected chi connectivity index (χ1v) is 14.3. The fraction of sp³-hybridized carbons (Fsp3) is 0.933. The molecule has 5 saturated carbocycles. The predicted octanol–water partition coefficient (Wildman–Crippen LogP) is 5.61. The molecule has 3 N–H and O–H groups in total.